The Morgan fingerprint density at radius 1 is 1.06 bits per heavy atom. The summed E-state index contributed by atoms with van der Waals surface area (Å²) in [4.78, 5) is 21.7. The molecule has 1 N–H and O–H groups in total. The van der Waals surface area contributed by atoms with E-state index in [9.17, 15) is 9.00 Å². The summed E-state index contributed by atoms with van der Waals surface area (Å²) in [5.41, 5.74) is 4.14. The molecule has 0 radical (unpaired) electrons. The zero-order valence-electron chi connectivity index (χ0n) is 17.7. The predicted octanol–water partition coefficient (Wildman–Crippen LogP) is 4.33. The van der Waals surface area contributed by atoms with E-state index in [2.05, 4.69) is 15.3 Å². The summed E-state index contributed by atoms with van der Waals surface area (Å²) >= 11 is 0. The fraction of sp³-hybridized carbons (Fsp3) is 0.160. The van der Waals surface area contributed by atoms with Crippen LogP contribution in [0.3, 0.4) is 0 Å². The van der Waals surface area contributed by atoms with Crippen LogP contribution in [-0.2, 0) is 23.0 Å². The number of hydrogen-bond donors (Lipinski definition) is 1. The lowest BCUT2D eigenvalue weighted by Gasteiger charge is -2.05. The molecule has 7 heteroatoms. The number of aromatic nitrogens is 2. The molecule has 2 heterocycles. The number of oxazole rings is 1. The first-order valence-corrected chi connectivity index (χ1v) is 11.6. The van der Waals surface area contributed by atoms with E-state index in [0.717, 1.165) is 28.0 Å². The van der Waals surface area contributed by atoms with Crippen molar-refractivity contribution in [2.24, 2.45) is 0 Å². The van der Waals surface area contributed by atoms with Gasteiger partial charge >= 0.3 is 0 Å². The molecule has 0 aliphatic carbocycles. The van der Waals surface area contributed by atoms with Crippen molar-refractivity contribution in [1.29, 1.82) is 0 Å². The molecule has 1 unspecified atom stereocenters. The number of carbonyl (C=O) groups excluding carboxylic acids is 1. The maximum absolute atomic E-state index is 12.5. The van der Waals surface area contributed by atoms with Crippen LogP contribution in [0.2, 0.25) is 0 Å². The Balaban J connectivity index is 1.33. The van der Waals surface area contributed by atoms with Crippen LogP contribution in [0.1, 0.15) is 27.2 Å². The minimum Gasteiger partial charge on any atom is -0.444 e. The molecule has 0 saturated carbocycles. The summed E-state index contributed by atoms with van der Waals surface area (Å²) in [5, 5.41) is 2.91. The van der Waals surface area contributed by atoms with Crippen molar-refractivity contribution >= 4 is 16.7 Å². The molecule has 0 spiro atoms. The molecule has 0 saturated heterocycles. The maximum Gasteiger partial charge on any atom is 0.251 e. The Labute approximate surface area is 189 Å². The molecule has 0 fully saturated rings. The molecule has 2 aromatic carbocycles. The van der Waals surface area contributed by atoms with E-state index in [1.54, 1.807) is 36.7 Å². The van der Waals surface area contributed by atoms with Gasteiger partial charge in [-0.1, -0.05) is 23.8 Å². The fourth-order valence-electron chi connectivity index (χ4n) is 3.15. The number of aryl methyl sites for hydroxylation is 1. The molecule has 0 aliphatic heterocycles. The molecule has 4 aromatic rings. The smallest absolute Gasteiger partial charge is 0.251 e. The first kappa shape index (κ1) is 21.6. The monoisotopic (exact) mass is 445 g/mol. The number of carbonyl (C=O) groups is 1. The average Bonchev–Trinajstić information content (AvgIpc) is 3.28. The van der Waals surface area contributed by atoms with E-state index in [0.29, 0.717) is 23.7 Å². The second kappa shape index (κ2) is 10.2. The SMILES string of the molecule is Cc1ccc(S(=O)Cc2coc(-c3ccc(C(=O)NCCc4cccnc4)cc3)n2)cc1. The Kier molecular flexibility index (Phi) is 6.87. The van der Waals surface area contributed by atoms with Gasteiger partial charge in [-0.3, -0.25) is 14.0 Å². The molecule has 6 nitrogen and oxygen atoms in total. The minimum atomic E-state index is -1.19. The predicted molar refractivity (Wildman–Crippen MR) is 124 cm³/mol. The Hall–Kier alpha value is -3.58. The topological polar surface area (TPSA) is 85.1 Å². The van der Waals surface area contributed by atoms with Gasteiger partial charge in [0.05, 0.1) is 22.2 Å². The van der Waals surface area contributed by atoms with Crippen molar-refractivity contribution in [3.8, 4) is 11.5 Å². The summed E-state index contributed by atoms with van der Waals surface area (Å²) in [7, 11) is -1.19. The van der Waals surface area contributed by atoms with E-state index < -0.39 is 10.8 Å². The van der Waals surface area contributed by atoms with Crippen molar-refractivity contribution < 1.29 is 13.4 Å². The highest BCUT2D eigenvalue weighted by atomic mass is 32.2. The van der Waals surface area contributed by atoms with Gasteiger partial charge in [0, 0.05) is 35.0 Å². The molecule has 0 aliphatic rings. The number of pyridine rings is 1. The van der Waals surface area contributed by atoms with Crippen molar-refractivity contribution in [2.45, 2.75) is 24.0 Å². The molecular formula is C25H23N3O3S. The van der Waals surface area contributed by atoms with E-state index >= 15 is 0 Å². The summed E-state index contributed by atoms with van der Waals surface area (Å²) in [5.74, 6) is 0.579. The standard InChI is InChI=1S/C25H23N3O3S/c1-18-4-10-23(11-5-18)32(30)17-22-16-31-25(28-22)21-8-6-20(7-9-21)24(29)27-14-12-19-3-2-13-26-15-19/h2-11,13,15-16H,12,14,17H2,1H3,(H,27,29). The van der Waals surface area contributed by atoms with Crippen LogP contribution in [0.5, 0.6) is 0 Å². The largest absolute Gasteiger partial charge is 0.444 e. The van der Waals surface area contributed by atoms with E-state index in [1.165, 1.54) is 6.26 Å². The number of amides is 1. The molecular weight excluding hydrogens is 422 g/mol. The molecule has 1 atom stereocenters. The Morgan fingerprint density at radius 2 is 1.84 bits per heavy atom. The van der Waals surface area contributed by atoms with Gasteiger partial charge in [0.15, 0.2) is 0 Å². The third-order valence-electron chi connectivity index (χ3n) is 4.93. The van der Waals surface area contributed by atoms with Crippen LogP contribution in [0.25, 0.3) is 11.5 Å². The number of benzene rings is 2. The Bertz CT molecular complexity index is 1200. The van der Waals surface area contributed by atoms with Crippen LogP contribution in [0.4, 0.5) is 0 Å². The van der Waals surface area contributed by atoms with Crippen molar-refractivity contribution in [2.75, 3.05) is 6.54 Å². The molecule has 162 valence electrons. The normalized spacial score (nSPS) is 11.8. The molecule has 32 heavy (non-hydrogen) atoms. The van der Waals surface area contributed by atoms with Gasteiger partial charge in [0.1, 0.15) is 6.26 Å². The summed E-state index contributed by atoms with van der Waals surface area (Å²) in [6, 6.07) is 18.5. The van der Waals surface area contributed by atoms with Gasteiger partial charge in [-0.25, -0.2) is 4.98 Å². The second-order valence-corrected chi connectivity index (χ2v) is 8.84. The summed E-state index contributed by atoms with van der Waals surface area (Å²) < 4.78 is 18.1. The fourth-order valence-corrected chi connectivity index (χ4v) is 4.15. The van der Waals surface area contributed by atoms with Crippen molar-refractivity contribution in [3.63, 3.8) is 0 Å². The summed E-state index contributed by atoms with van der Waals surface area (Å²) in [6.45, 7) is 2.53. The highest BCUT2D eigenvalue weighted by Gasteiger charge is 2.12. The molecule has 4 rings (SSSR count). The van der Waals surface area contributed by atoms with E-state index in [-0.39, 0.29) is 11.7 Å². The lowest BCUT2D eigenvalue weighted by Crippen LogP contribution is -2.25. The van der Waals surface area contributed by atoms with Gasteiger partial charge < -0.3 is 9.73 Å². The molecule has 1 amide bonds. The quantitative estimate of drug-likeness (QED) is 0.436. The average molecular weight is 446 g/mol. The van der Waals surface area contributed by atoms with E-state index in [1.807, 2.05) is 43.3 Å². The van der Waals surface area contributed by atoms with Gasteiger partial charge in [-0.2, -0.15) is 0 Å². The minimum absolute atomic E-state index is 0.137. The lowest BCUT2D eigenvalue weighted by molar-refractivity contribution is 0.0954. The number of hydrogen-bond acceptors (Lipinski definition) is 5. The third-order valence-corrected chi connectivity index (χ3v) is 6.29. The van der Waals surface area contributed by atoms with Crippen molar-refractivity contribution in [3.05, 3.63) is 102 Å². The lowest BCUT2D eigenvalue weighted by atomic mass is 10.1. The molecule has 2 aromatic heterocycles. The zero-order valence-corrected chi connectivity index (χ0v) is 18.5. The van der Waals surface area contributed by atoms with Gasteiger partial charge in [0.25, 0.3) is 5.91 Å². The highest BCUT2D eigenvalue weighted by Crippen LogP contribution is 2.21. The number of rotatable bonds is 8. The third kappa shape index (κ3) is 5.56. The van der Waals surface area contributed by atoms with E-state index in [4.69, 9.17) is 4.42 Å². The maximum atomic E-state index is 12.5. The molecule has 0 bridgehead atoms. The van der Waals surface area contributed by atoms with Gasteiger partial charge in [-0.05, 0) is 61.4 Å². The second-order valence-electron chi connectivity index (χ2n) is 7.39. The highest BCUT2D eigenvalue weighted by molar-refractivity contribution is 7.84. The number of nitrogens with zero attached hydrogens (tertiary/aromatic N) is 2. The zero-order chi connectivity index (χ0) is 22.3. The van der Waals surface area contributed by atoms with Crippen LogP contribution in [0, 0.1) is 6.92 Å². The number of nitrogens with one attached hydrogen (secondary N) is 1. The van der Waals surface area contributed by atoms with Crippen LogP contribution >= 0.6 is 0 Å². The van der Waals surface area contributed by atoms with Crippen LogP contribution in [0.15, 0.2) is 88.6 Å². The van der Waals surface area contributed by atoms with Gasteiger partial charge in [0.2, 0.25) is 5.89 Å². The van der Waals surface area contributed by atoms with Gasteiger partial charge in [-0.15, -0.1) is 0 Å². The Morgan fingerprint density at radius 3 is 2.56 bits per heavy atom. The van der Waals surface area contributed by atoms with Crippen molar-refractivity contribution in [1.82, 2.24) is 15.3 Å². The van der Waals surface area contributed by atoms with Crippen LogP contribution in [-0.4, -0.2) is 26.6 Å². The first-order chi connectivity index (χ1) is 15.6. The summed E-state index contributed by atoms with van der Waals surface area (Å²) in [6.07, 6.45) is 5.77. The first-order valence-electron chi connectivity index (χ1n) is 10.3. The van der Waals surface area contributed by atoms with Crippen LogP contribution < -0.4 is 5.32 Å².